The van der Waals surface area contributed by atoms with Crippen molar-refractivity contribution < 1.29 is 13.5 Å². The molecule has 0 radical (unpaired) electrons. The van der Waals surface area contributed by atoms with E-state index in [-0.39, 0.29) is 12.0 Å². The monoisotopic (exact) mass is 304 g/mol. The van der Waals surface area contributed by atoms with Crippen LogP contribution in [0.15, 0.2) is 0 Å². The van der Waals surface area contributed by atoms with Gasteiger partial charge in [-0.15, -0.1) is 11.6 Å². The summed E-state index contributed by atoms with van der Waals surface area (Å²) in [4.78, 5) is 0. The van der Waals surface area contributed by atoms with Crippen molar-refractivity contribution in [3.63, 3.8) is 0 Å². The molecule has 0 aliphatic carbocycles. The average molecular weight is 305 g/mol. The topological polar surface area (TPSA) is 9.23 Å². The first kappa shape index (κ1) is 17.4. The summed E-state index contributed by atoms with van der Waals surface area (Å²) in [6.45, 7) is 10.2. The summed E-state index contributed by atoms with van der Waals surface area (Å²) in [6, 6.07) is 0. The van der Waals surface area contributed by atoms with E-state index in [0.717, 1.165) is 5.56 Å². The Morgan fingerprint density at radius 2 is 1.35 bits per heavy atom. The van der Waals surface area contributed by atoms with Gasteiger partial charge in [0.1, 0.15) is 6.61 Å². The minimum absolute atomic E-state index is 0.203. The van der Waals surface area contributed by atoms with Gasteiger partial charge in [-0.2, -0.15) is 0 Å². The Balaban J connectivity index is 2.85. The predicted octanol–water partition coefficient (Wildman–Crippen LogP) is 5.18. The molecule has 0 amide bonds. The highest BCUT2D eigenvalue weighted by atomic mass is 35.5. The molecule has 1 unspecified atom stereocenters. The van der Waals surface area contributed by atoms with Crippen molar-refractivity contribution in [1.29, 1.82) is 0 Å². The second kappa shape index (κ2) is 7.37. The number of benzene rings is 1. The maximum atomic E-state index is 12.0. The van der Waals surface area contributed by atoms with E-state index in [1.807, 2.05) is 0 Å². The largest absolute Gasteiger partial charge is 0.375 e. The maximum absolute atomic E-state index is 12.0. The van der Waals surface area contributed by atoms with Crippen LogP contribution in [0.2, 0.25) is 0 Å². The molecule has 0 spiro atoms. The predicted molar refractivity (Wildman–Crippen MR) is 80.2 cm³/mol. The van der Waals surface area contributed by atoms with Crippen molar-refractivity contribution in [2.45, 2.75) is 52.8 Å². The molecule has 0 aliphatic heterocycles. The van der Waals surface area contributed by atoms with Crippen LogP contribution in [-0.4, -0.2) is 19.6 Å². The third-order valence-electron chi connectivity index (χ3n) is 4.13. The Morgan fingerprint density at radius 3 is 1.80 bits per heavy atom. The Bertz CT molecular complexity index is 443. The maximum Gasteiger partial charge on any atom is 0.261 e. The molecule has 0 bridgehead atoms. The van der Waals surface area contributed by atoms with Crippen molar-refractivity contribution in [3.8, 4) is 0 Å². The number of halogens is 3. The molecular weight excluding hydrogens is 282 g/mol. The molecule has 1 rings (SSSR count). The van der Waals surface area contributed by atoms with Crippen molar-refractivity contribution in [2.24, 2.45) is 0 Å². The molecule has 114 valence electrons. The molecule has 0 saturated carbocycles. The molecular formula is C16H23ClF2O. The van der Waals surface area contributed by atoms with Gasteiger partial charge in [-0.25, -0.2) is 8.78 Å². The Hall–Kier alpha value is -0.670. The SMILES string of the molecule is Cc1c(C)c(C)c(C(Cl)CCOCC(F)F)c(C)c1C. The summed E-state index contributed by atoms with van der Waals surface area (Å²) in [5.41, 5.74) is 7.30. The molecule has 4 heteroatoms. The zero-order valence-electron chi connectivity index (χ0n) is 12.8. The van der Waals surface area contributed by atoms with Crippen LogP contribution in [0.3, 0.4) is 0 Å². The zero-order valence-corrected chi connectivity index (χ0v) is 13.6. The van der Waals surface area contributed by atoms with Crippen molar-refractivity contribution in [3.05, 3.63) is 33.4 Å². The van der Waals surface area contributed by atoms with Gasteiger partial charge in [-0.05, 0) is 74.4 Å². The molecule has 0 N–H and O–H groups in total. The number of ether oxygens (including phenoxy) is 1. The summed E-state index contributed by atoms with van der Waals surface area (Å²) in [5, 5.41) is -0.203. The van der Waals surface area contributed by atoms with Gasteiger partial charge in [0.2, 0.25) is 0 Å². The minimum atomic E-state index is -2.42. The fraction of sp³-hybridized carbons (Fsp3) is 0.625. The number of hydrogen-bond acceptors (Lipinski definition) is 1. The van der Waals surface area contributed by atoms with Crippen LogP contribution in [0.25, 0.3) is 0 Å². The number of rotatable bonds is 6. The first-order valence-corrected chi connectivity index (χ1v) is 7.27. The van der Waals surface area contributed by atoms with Gasteiger partial charge < -0.3 is 4.74 Å². The summed E-state index contributed by atoms with van der Waals surface area (Å²) in [7, 11) is 0. The van der Waals surface area contributed by atoms with E-state index in [4.69, 9.17) is 16.3 Å². The molecule has 0 heterocycles. The summed E-state index contributed by atoms with van der Waals surface area (Å²) >= 11 is 6.46. The molecule has 0 aromatic heterocycles. The first-order chi connectivity index (χ1) is 9.27. The summed E-state index contributed by atoms with van der Waals surface area (Å²) < 4.78 is 28.9. The normalized spacial score (nSPS) is 13.1. The zero-order chi connectivity index (χ0) is 15.4. The highest BCUT2D eigenvalue weighted by Crippen LogP contribution is 2.35. The van der Waals surface area contributed by atoms with Gasteiger partial charge in [0, 0.05) is 6.61 Å². The van der Waals surface area contributed by atoms with Gasteiger partial charge >= 0.3 is 0 Å². The van der Waals surface area contributed by atoms with E-state index >= 15 is 0 Å². The second-order valence-electron chi connectivity index (χ2n) is 5.26. The number of hydrogen-bond donors (Lipinski definition) is 0. The minimum Gasteiger partial charge on any atom is -0.375 e. The van der Waals surface area contributed by atoms with Crippen LogP contribution in [0.5, 0.6) is 0 Å². The molecule has 0 fully saturated rings. The van der Waals surface area contributed by atoms with E-state index in [1.54, 1.807) is 0 Å². The van der Waals surface area contributed by atoms with E-state index in [0.29, 0.717) is 6.42 Å². The molecule has 1 atom stereocenters. The molecule has 1 nitrogen and oxygen atoms in total. The molecule has 1 aromatic rings. The van der Waals surface area contributed by atoms with Crippen molar-refractivity contribution in [1.82, 2.24) is 0 Å². The Morgan fingerprint density at radius 1 is 0.900 bits per heavy atom. The lowest BCUT2D eigenvalue weighted by Gasteiger charge is -2.22. The van der Waals surface area contributed by atoms with Crippen molar-refractivity contribution >= 4 is 11.6 Å². The average Bonchev–Trinajstić information content (AvgIpc) is 2.39. The lowest BCUT2D eigenvalue weighted by Crippen LogP contribution is -2.09. The Labute approximate surface area is 125 Å². The highest BCUT2D eigenvalue weighted by molar-refractivity contribution is 6.21. The van der Waals surface area contributed by atoms with Crippen LogP contribution in [-0.2, 0) is 4.74 Å². The van der Waals surface area contributed by atoms with Crippen LogP contribution < -0.4 is 0 Å². The lowest BCUT2D eigenvalue weighted by atomic mass is 9.87. The van der Waals surface area contributed by atoms with E-state index in [2.05, 4.69) is 34.6 Å². The fourth-order valence-electron chi connectivity index (χ4n) is 2.50. The van der Waals surface area contributed by atoms with Gasteiger partial charge in [-0.1, -0.05) is 0 Å². The van der Waals surface area contributed by atoms with Crippen LogP contribution in [0.1, 0.15) is 45.2 Å². The number of alkyl halides is 3. The highest BCUT2D eigenvalue weighted by Gasteiger charge is 2.18. The summed E-state index contributed by atoms with van der Waals surface area (Å²) in [5.74, 6) is 0. The van der Waals surface area contributed by atoms with Crippen LogP contribution in [0.4, 0.5) is 8.78 Å². The van der Waals surface area contributed by atoms with E-state index < -0.39 is 13.0 Å². The molecule has 0 aliphatic rings. The molecule has 20 heavy (non-hydrogen) atoms. The van der Waals surface area contributed by atoms with Gasteiger partial charge in [-0.3, -0.25) is 0 Å². The summed E-state index contributed by atoms with van der Waals surface area (Å²) in [6.07, 6.45) is -1.88. The van der Waals surface area contributed by atoms with E-state index in [9.17, 15) is 8.78 Å². The smallest absolute Gasteiger partial charge is 0.261 e. The van der Waals surface area contributed by atoms with Gasteiger partial charge in [0.05, 0.1) is 5.38 Å². The van der Waals surface area contributed by atoms with Crippen LogP contribution in [0, 0.1) is 34.6 Å². The quantitative estimate of drug-likeness (QED) is 0.520. The first-order valence-electron chi connectivity index (χ1n) is 6.84. The van der Waals surface area contributed by atoms with E-state index in [1.165, 1.54) is 27.8 Å². The standard InChI is InChI=1S/C16H23ClF2O/c1-9-10(2)12(4)16(13(5)11(9)3)14(17)6-7-20-8-15(18)19/h14-15H,6-8H2,1-5H3. The lowest BCUT2D eigenvalue weighted by molar-refractivity contribution is 0.0165. The fourth-order valence-corrected chi connectivity index (χ4v) is 2.92. The van der Waals surface area contributed by atoms with Crippen LogP contribution >= 0.6 is 11.6 Å². The Kier molecular flexibility index (Phi) is 6.41. The third kappa shape index (κ3) is 3.92. The molecule has 0 saturated heterocycles. The van der Waals surface area contributed by atoms with Gasteiger partial charge in [0.15, 0.2) is 0 Å². The molecule has 1 aromatic carbocycles. The van der Waals surface area contributed by atoms with Gasteiger partial charge in [0.25, 0.3) is 6.43 Å². The third-order valence-corrected chi connectivity index (χ3v) is 4.57. The van der Waals surface area contributed by atoms with Crippen molar-refractivity contribution in [2.75, 3.05) is 13.2 Å². The second-order valence-corrected chi connectivity index (χ2v) is 5.79.